The Kier molecular flexibility index (Phi) is 6.06. The van der Waals surface area contributed by atoms with Crippen LogP contribution < -0.4 is 5.32 Å². The molecule has 0 atom stereocenters. The van der Waals surface area contributed by atoms with Crippen molar-refractivity contribution in [1.82, 2.24) is 5.32 Å². The SMILES string of the molecule is Cc1c(C(=O)COC(=O)CNC(=O)c2ccc(C(C)(C)C)cc2)oc2ccccc12. The first kappa shape index (κ1) is 21.3. The summed E-state index contributed by atoms with van der Waals surface area (Å²) < 4.78 is 10.6. The van der Waals surface area contributed by atoms with E-state index in [9.17, 15) is 14.4 Å². The van der Waals surface area contributed by atoms with Crippen molar-refractivity contribution in [3.8, 4) is 0 Å². The molecule has 0 spiro atoms. The lowest BCUT2D eigenvalue weighted by Gasteiger charge is -2.19. The van der Waals surface area contributed by atoms with E-state index < -0.39 is 18.4 Å². The first-order valence-electron chi connectivity index (χ1n) is 9.72. The van der Waals surface area contributed by atoms with Crippen LogP contribution in [0.5, 0.6) is 0 Å². The van der Waals surface area contributed by atoms with Crippen LogP contribution in [0.25, 0.3) is 11.0 Å². The first-order chi connectivity index (χ1) is 14.2. The number of Topliss-reactive ketones (excluding diaryl/α,β-unsaturated/α-hetero) is 1. The third-order valence-corrected chi connectivity index (χ3v) is 4.87. The van der Waals surface area contributed by atoms with E-state index in [1.165, 1.54) is 0 Å². The predicted molar refractivity (Wildman–Crippen MR) is 114 cm³/mol. The molecule has 3 rings (SSSR count). The Morgan fingerprint density at radius 1 is 1.00 bits per heavy atom. The minimum absolute atomic E-state index is 0.0104. The van der Waals surface area contributed by atoms with Crippen molar-refractivity contribution in [2.75, 3.05) is 13.2 Å². The van der Waals surface area contributed by atoms with Gasteiger partial charge in [0.05, 0.1) is 0 Å². The van der Waals surface area contributed by atoms with Crippen LogP contribution in [0.4, 0.5) is 0 Å². The van der Waals surface area contributed by atoms with E-state index >= 15 is 0 Å². The molecule has 0 aliphatic heterocycles. The second-order valence-corrected chi connectivity index (χ2v) is 8.15. The van der Waals surface area contributed by atoms with E-state index in [4.69, 9.17) is 9.15 Å². The molecule has 0 bridgehead atoms. The summed E-state index contributed by atoms with van der Waals surface area (Å²) in [6.07, 6.45) is 0. The van der Waals surface area contributed by atoms with Gasteiger partial charge < -0.3 is 14.5 Å². The van der Waals surface area contributed by atoms with Crippen LogP contribution in [-0.2, 0) is 14.9 Å². The predicted octanol–water partition coefficient (Wildman–Crippen LogP) is 4.19. The van der Waals surface area contributed by atoms with Gasteiger partial charge in [-0.1, -0.05) is 51.1 Å². The summed E-state index contributed by atoms with van der Waals surface area (Å²) in [5.74, 6) is -1.34. The van der Waals surface area contributed by atoms with Crippen molar-refractivity contribution >= 4 is 28.6 Å². The minimum Gasteiger partial charge on any atom is -0.456 e. The van der Waals surface area contributed by atoms with Crippen molar-refractivity contribution in [2.45, 2.75) is 33.1 Å². The number of ketones is 1. The number of amides is 1. The molecule has 0 saturated carbocycles. The molecule has 6 heteroatoms. The van der Waals surface area contributed by atoms with E-state index in [1.807, 2.05) is 30.3 Å². The number of ether oxygens (including phenoxy) is 1. The number of carbonyl (C=O) groups excluding carboxylic acids is 3. The lowest BCUT2D eigenvalue weighted by Crippen LogP contribution is -2.31. The van der Waals surface area contributed by atoms with Crippen LogP contribution in [-0.4, -0.2) is 30.8 Å². The van der Waals surface area contributed by atoms with Crippen LogP contribution in [0, 0.1) is 6.92 Å². The number of hydrogen-bond donors (Lipinski definition) is 1. The molecule has 0 fully saturated rings. The highest BCUT2D eigenvalue weighted by Crippen LogP contribution is 2.25. The van der Waals surface area contributed by atoms with Crippen LogP contribution in [0.1, 0.15) is 52.8 Å². The van der Waals surface area contributed by atoms with Gasteiger partial charge in [0.25, 0.3) is 5.91 Å². The smallest absolute Gasteiger partial charge is 0.325 e. The van der Waals surface area contributed by atoms with Crippen LogP contribution in [0.2, 0.25) is 0 Å². The second-order valence-electron chi connectivity index (χ2n) is 8.15. The molecule has 1 aromatic heterocycles. The average Bonchev–Trinajstić information content (AvgIpc) is 3.06. The van der Waals surface area contributed by atoms with Crippen LogP contribution >= 0.6 is 0 Å². The molecule has 0 radical (unpaired) electrons. The summed E-state index contributed by atoms with van der Waals surface area (Å²) in [4.78, 5) is 36.5. The van der Waals surface area contributed by atoms with E-state index in [2.05, 4.69) is 26.1 Å². The molecular formula is C24H25NO5. The lowest BCUT2D eigenvalue weighted by atomic mass is 9.87. The van der Waals surface area contributed by atoms with Gasteiger partial charge in [-0.2, -0.15) is 0 Å². The molecule has 0 aliphatic rings. The number of rotatable bonds is 6. The fraction of sp³-hybridized carbons (Fsp3) is 0.292. The number of para-hydroxylation sites is 1. The lowest BCUT2D eigenvalue weighted by molar-refractivity contribution is -0.141. The highest BCUT2D eigenvalue weighted by Gasteiger charge is 2.19. The highest BCUT2D eigenvalue weighted by molar-refractivity contribution is 6.01. The zero-order chi connectivity index (χ0) is 21.9. The molecule has 156 valence electrons. The Morgan fingerprint density at radius 2 is 1.67 bits per heavy atom. The van der Waals surface area contributed by atoms with E-state index in [0.29, 0.717) is 16.7 Å². The fourth-order valence-electron chi connectivity index (χ4n) is 3.08. The molecule has 1 amide bonds. The number of fused-ring (bicyclic) bond motifs is 1. The van der Waals surface area contributed by atoms with Gasteiger partial charge >= 0.3 is 5.97 Å². The number of benzene rings is 2. The van der Waals surface area contributed by atoms with Crippen LogP contribution in [0.3, 0.4) is 0 Å². The largest absolute Gasteiger partial charge is 0.456 e. The Hall–Kier alpha value is -3.41. The van der Waals surface area contributed by atoms with Gasteiger partial charge in [0.2, 0.25) is 5.78 Å². The van der Waals surface area contributed by atoms with Gasteiger partial charge in [0, 0.05) is 16.5 Å². The maximum atomic E-state index is 12.4. The maximum Gasteiger partial charge on any atom is 0.325 e. The molecule has 2 aromatic carbocycles. The normalized spacial score (nSPS) is 11.3. The summed E-state index contributed by atoms with van der Waals surface area (Å²) in [5, 5.41) is 3.35. The minimum atomic E-state index is -0.697. The van der Waals surface area contributed by atoms with Gasteiger partial charge in [0.1, 0.15) is 12.1 Å². The topological polar surface area (TPSA) is 85.6 Å². The zero-order valence-electron chi connectivity index (χ0n) is 17.6. The molecule has 6 nitrogen and oxygen atoms in total. The summed E-state index contributed by atoms with van der Waals surface area (Å²) >= 11 is 0. The molecule has 30 heavy (non-hydrogen) atoms. The Labute approximate surface area is 175 Å². The van der Waals surface area contributed by atoms with E-state index in [0.717, 1.165) is 10.9 Å². The summed E-state index contributed by atoms with van der Waals surface area (Å²) in [7, 11) is 0. The Bertz CT molecular complexity index is 1090. The summed E-state index contributed by atoms with van der Waals surface area (Å²) in [6, 6.07) is 14.5. The van der Waals surface area contributed by atoms with E-state index in [1.54, 1.807) is 25.1 Å². The molecule has 0 aliphatic carbocycles. The van der Waals surface area contributed by atoms with Crippen molar-refractivity contribution in [1.29, 1.82) is 0 Å². The Balaban J connectivity index is 1.51. The monoisotopic (exact) mass is 407 g/mol. The van der Waals surface area contributed by atoms with Gasteiger partial charge in [-0.25, -0.2) is 0 Å². The number of carbonyl (C=O) groups is 3. The fourth-order valence-corrected chi connectivity index (χ4v) is 3.08. The quantitative estimate of drug-likeness (QED) is 0.489. The standard InChI is InChI=1S/C24H25NO5/c1-15-18-7-5-6-8-20(18)30-22(15)19(26)14-29-21(27)13-25-23(28)16-9-11-17(12-10-16)24(2,3)4/h5-12H,13-14H2,1-4H3,(H,25,28). The van der Waals surface area contributed by atoms with Gasteiger partial charge in [-0.3, -0.25) is 14.4 Å². The molecule has 1 N–H and O–H groups in total. The van der Waals surface area contributed by atoms with Gasteiger partial charge in [0.15, 0.2) is 12.4 Å². The summed E-state index contributed by atoms with van der Waals surface area (Å²) in [5.41, 5.74) is 2.86. The molecular weight excluding hydrogens is 382 g/mol. The number of aryl methyl sites for hydroxylation is 1. The van der Waals surface area contributed by atoms with E-state index in [-0.39, 0.29) is 23.6 Å². The van der Waals surface area contributed by atoms with Crippen molar-refractivity contribution in [3.05, 3.63) is 71.0 Å². The molecule has 1 heterocycles. The highest BCUT2D eigenvalue weighted by atomic mass is 16.5. The number of furan rings is 1. The van der Waals surface area contributed by atoms with Crippen molar-refractivity contribution in [2.24, 2.45) is 0 Å². The zero-order valence-corrected chi connectivity index (χ0v) is 17.6. The average molecular weight is 407 g/mol. The molecule has 0 saturated heterocycles. The number of hydrogen-bond acceptors (Lipinski definition) is 5. The van der Waals surface area contributed by atoms with Gasteiger partial charge in [-0.15, -0.1) is 0 Å². The first-order valence-corrected chi connectivity index (χ1v) is 9.72. The maximum absolute atomic E-state index is 12.4. The van der Waals surface area contributed by atoms with Gasteiger partial charge in [-0.05, 0) is 36.1 Å². The third-order valence-electron chi connectivity index (χ3n) is 4.87. The van der Waals surface area contributed by atoms with Crippen molar-refractivity contribution < 1.29 is 23.5 Å². The number of nitrogens with one attached hydrogen (secondary N) is 1. The summed E-state index contributed by atoms with van der Waals surface area (Å²) in [6.45, 7) is 7.28. The number of esters is 1. The third kappa shape index (κ3) is 4.76. The second kappa shape index (κ2) is 8.53. The Morgan fingerprint density at radius 3 is 2.30 bits per heavy atom. The molecule has 3 aromatic rings. The van der Waals surface area contributed by atoms with Crippen molar-refractivity contribution in [3.63, 3.8) is 0 Å². The van der Waals surface area contributed by atoms with Crippen LogP contribution in [0.15, 0.2) is 52.9 Å². The molecule has 0 unspecified atom stereocenters.